The number of hydrogen-bond donors (Lipinski definition) is 0. The van der Waals surface area contributed by atoms with Gasteiger partial charge in [-0.15, -0.1) is 10.2 Å². The van der Waals surface area contributed by atoms with Crippen molar-refractivity contribution in [1.29, 1.82) is 0 Å². The van der Waals surface area contributed by atoms with Crippen LogP contribution in [0.25, 0.3) is 33.8 Å². The minimum atomic E-state index is -4.94. The van der Waals surface area contributed by atoms with Crippen LogP contribution in [0.1, 0.15) is 0 Å². The second-order valence-corrected chi connectivity index (χ2v) is 7.14. The van der Waals surface area contributed by atoms with E-state index in [9.17, 15) is 0 Å². The van der Waals surface area contributed by atoms with E-state index in [1.807, 2.05) is 54.6 Å². The molecule has 7 heteroatoms. The zero-order valence-corrected chi connectivity index (χ0v) is 17.3. The van der Waals surface area contributed by atoms with Crippen LogP contribution < -0.4 is 23.4 Å². The number of benzene rings is 3. The van der Waals surface area contributed by atoms with Gasteiger partial charge in [-0.05, 0) is 48.0 Å². The molecule has 0 radical (unpaired) electrons. The fraction of sp³-hybridized carbons (Fsp3) is 0.0417. The van der Waals surface area contributed by atoms with Gasteiger partial charge in [-0.3, -0.25) is 0 Å². The van der Waals surface area contributed by atoms with E-state index in [0.29, 0.717) is 0 Å². The van der Waals surface area contributed by atoms with Gasteiger partial charge >= 0.3 is 11.5 Å². The van der Waals surface area contributed by atoms with Crippen LogP contribution in [0.3, 0.4) is 0 Å². The Balaban J connectivity index is 0.000000491. The average Bonchev–Trinajstić information content (AvgIpc) is 2.79. The van der Waals surface area contributed by atoms with E-state index in [0.717, 1.165) is 39.5 Å². The first kappa shape index (κ1) is 22.4. The van der Waals surface area contributed by atoms with Crippen LogP contribution in [0, 0.1) is 10.2 Å². The first-order valence-corrected chi connectivity index (χ1v) is 10.4. The lowest BCUT2D eigenvalue weighted by Crippen LogP contribution is -2.68. The molecular formula is C24H19ClO6. The van der Waals surface area contributed by atoms with E-state index in [2.05, 4.69) is 42.5 Å². The van der Waals surface area contributed by atoms with Crippen molar-refractivity contribution in [2.75, 3.05) is 7.11 Å². The predicted octanol–water partition coefficient (Wildman–Crippen LogP) is 1.81. The third kappa shape index (κ3) is 6.62. The van der Waals surface area contributed by atoms with E-state index in [4.69, 9.17) is 27.8 Å². The van der Waals surface area contributed by atoms with Gasteiger partial charge in [0.25, 0.3) is 0 Å². The molecule has 0 atom stereocenters. The molecule has 0 aliphatic rings. The molecule has 6 nitrogen and oxygen atoms in total. The van der Waals surface area contributed by atoms with Crippen LogP contribution in [-0.4, -0.2) is 7.11 Å². The Bertz CT molecular complexity index is 1090. The van der Waals surface area contributed by atoms with Crippen LogP contribution in [0.15, 0.2) is 101 Å². The van der Waals surface area contributed by atoms with E-state index >= 15 is 0 Å². The Kier molecular flexibility index (Phi) is 7.36. The van der Waals surface area contributed by atoms with Crippen molar-refractivity contribution < 1.29 is 38.0 Å². The Hall–Kier alpha value is -3.26. The summed E-state index contributed by atoms with van der Waals surface area (Å²) in [5, 5.41) is 0. The van der Waals surface area contributed by atoms with Crippen LogP contribution in [-0.2, 0) is 0 Å². The molecule has 0 spiro atoms. The topological polar surface area (TPSA) is 113 Å². The molecule has 0 bridgehead atoms. The SMILES string of the molecule is COc1ccc(-c2ccc(-c3ccccc3)[o+]c2-c2ccccc2)cc1.[O-][Cl+3]([O-])([O-])[O-]. The largest absolute Gasteiger partial charge is 0.497 e. The molecule has 0 saturated heterocycles. The number of ether oxygens (including phenoxy) is 1. The summed E-state index contributed by atoms with van der Waals surface area (Å²) in [5.41, 5.74) is 4.26. The van der Waals surface area contributed by atoms with Crippen LogP contribution in [0.5, 0.6) is 5.75 Å². The standard InChI is InChI=1S/C24H19O2.ClHO4/c1-25-21-14-12-18(13-15-21)22-16-17-23(19-8-4-2-5-9-19)26-24(22)20-10-6-3-7-11-20;2-1(3,4)5/h2-17H,1H3;(H,2,3,4,5)/q+1;/p-1. The predicted molar refractivity (Wildman–Crippen MR) is 106 cm³/mol. The zero-order valence-electron chi connectivity index (χ0n) is 16.6. The molecule has 0 saturated carbocycles. The minimum absolute atomic E-state index is 0.841. The molecule has 0 fully saturated rings. The molecule has 0 N–H and O–H groups in total. The Morgan fingerprint density at radius 3 is 1.65 bits per heavy atom. The number of halogens is 1. The second kappa shape index (κ2) is 10.2. The van der Waals surface area contributed by atoms with Gasteiger partial charge in [0, 0.05) is 6.07 Å². The highest BCUT2D eigenvalue weighted by Gasteiger charge is 2.23. The van der Waals surface area contributed by atoms with Crippen molar-refractivity contribution in [2.24, 2.45) is 0 Å². The van der Waals surface area contributed by atoms with Crippen LogP contribution in [0.4, 0.5) is 0 Å². The molecule has 0 amide bonds. The van der Waals surface area contributed by atoms with Gasteiger partial charge in [0.1, 0.15) is 5.75 Å². The first-order chi connectivity index (χ1) is 14.8. The third-order valence-corrected chi connectivity index (χ3v) is 4.35. The van der Waals surface area contributed by atoms with Crippen molar-refractivity contribution in [3.8, 4) is 39.5 Å². The summed E-state index contributed by atoms with van der Waals surface area (Å²) < 4.78 is 45.6. The van der Waals surface area contributed by atoms with Gasteiger partial charge in [-0.1, -0.05) is 48.5 Å². The van der Waals surface area contributed by atoms with Crippen molar-refractivity contribution in [1.82, 2.24) is 0 Å². The smallest absolute Gasteiger partial charge is 0.368 e. The van der Waals surface area contributed by atoms with E-state index in [1.54, 1.807) is 7.11 Å². The summed E-state index contributed by atoms with van der Waals surface area (Å²) in [6.45, 7) is 0. The third-order valence-electron chi connectivity index (χ3n) is 4.35. The molecule has 158 valence electrons. The Morgan fingerprint density at radius 2 is 1.13 bits per heavy atom. The quantitative estimate of drug-likeness (QED) is 0.449. The number of hydrogen-bond acceptors (Lipinski definition) is 5. The second-order valence-electron chi connectivity index (χ2n) is 6.38. The fourth-order valence-electron chi connectivity index (χ4n) is 2.99. The Morgan fingerprint density at radius 1 is 0.613 bits per heavy atom. The molecule has 0 aliphatic heterocycles. The zero-order chi connectivity index (χ0) is 22.3. The van der Waals surface area contributed by atoms with E-state index in [1.165, 1.54) is 0 Å². The maximum absolute atomic E-state index is 8.49. The number of rotatable bonds is 4. The summed E-state index contributed by atoms with van der Waals surface area (Å²) in [6, 6.07) is 32.6. The van der Waals surface area contributed by atoms with Crippen LogP contribution in [0.2, 0.25) is 0 Å². The van der Waals surface area contributed by atoms with Crippen molar-refractivity contribution >= 4 is 0 Å². The molecule has 4 rings (SSSR count). The lowest BCUT2D eigenvalue weighted by Gasteiger charge is -2.17. The van der Waals surface area contributed by atoms with E-state index in [-0.39, 0.29) is 0 Å². The van der Waals surface area contributed by atoms with Gasteiger partial charge in [-0.2, -0.15) is 0 Å². The lowest BCUT2D eigenvalue weighted by molar-refractivity contribution is -2.00. The van der Waals surface area contributed by atoms with Crippen molar-refractivity contribution in [2.45, 2.75) is 0 Å². The van der Waals surface area contributed by atoms with Crippen molar-refractivity contribution in [3.63, 3.8) is 0 Å². The maximum Gasteiger partial charge on any atom is 0.368 e. The first-order valence-electron chi connectivity index (χ1n) is 9.19. The molecular weight excluding hydrogens is 420 g/mol. The summed E-state index contributed by atoms with van der Waals surface area (Å²) in [4.78, 5) is 0. The average molecular weight is 439 g/mol. The summed E-state index contributed by atoms with van der Waals surface area (Å²) >= 11 is 0. The summed E-state index contributed by atoms with van der Waals surface area (Å²) in [7, 11) is -3.27. The minimum Gasteiger partial charge on any atom is -0.497 e. The molecule has 4 aromatic rings. The van der Waals surface area contributed by atoms with Gasteiger partial charge in [0.2, 0.25) is 0 Å². The fourth-order valence-corrected chi connectivity index (χ4v) is 2.99. The molecule has 31 heavy (non-hydrogen) atoms. The van der Waals surface area contributed by atoms with Gasteiger partial charge in [0.05, 0.1) is 23.8 Å². The van der Waals surface area contributed by atoms with Gasteiger partial charge in [-0.25, -0.2) is 23.1 Å². The van der Waals surface area contributed by atoms with Gasteiger partial charge < -0.3 is 4.74 Å². The normalized spacial score (nSPS) is 10.7. The monoisotopic (exact) mass is 438 g/mol. The number of methoxy groups -OCH3 is 1. The maximum atomic E-state index is 8.49. The van der Waals surface area contributed by atoms with E-state index < -0.39 is 10.2 Å². The molecule has 1 heterocycles. The highest BCUT2D eigenvalue weighted by Crippen LogP contribution is 2.36. The lowest BCUT2D eigenvalue weighted by atomic mass is 9.99. The molecule has 0 aliphatic carbocycles. The van der Waals surface area contributed by atoms with Crippen molar-refractivity contribution in [3.05, 3.63) is 97.1 Å². The molecule has 0 unspecified atom stereocenters. The highest BCUT2D eigenvalue weighted by atomic mass is 35.7. The van der Waals surface area contributed by atoms with Crippen LogP contribution >= 0.6 is 0 Å². The Labute approximate surface area is 182 Å². The molecule has 3 aromatic carbocycles. The van der Waals surface area contributed by atoms with Gasteiger partial charge in [0.15, 0.2) is 0 Å². The summed E-state index contributed by atoms with van der Waals surface area (Å²) in [5.74, 6) is 2.55. The summed E-state index contributed by atoms with van der Waals surface area (Å²) in [6.07, 6.45) is 0. The highest BCUT2D eigenvalue weighted by molar-refractivity contribution is 5.81. The molecule has 1 aromatic heterocycles.